The fraction of sp³-hybridized carbons (Fsp3) is 0.0909. The van der Waals surface area contributed by atoms with Crippen LogP contribution in [0.1, 0.15) is 5.56 Å². The van der Waals surface area contributed by atoms with Crippen molar-refractivity contribution in [3.05, 3.63) is 45.1 Å². The molecule has 0 spiro atoms. The topological polar surface area (TPSA) is 0 Å². The molecule has 0 aliphatic carbocycles. The minimum absolute atomic E-state index is 1.19. The molecule has 0 N–H and O–H groups in total. The highest BCUT2D eigenvalue weighted by atomic mass is 79.9. The summed E-state index contributed by atoms with van der Waals surface area (Å²) in [6.07, 6.45) is 0. The van der Waals surface area contributed by atoms with Crippen LogP contribution in [0.25, 0.3) is 0 Å². The van der Waals surface area contributed by atoms with Crippen LogP contribution in [0.2, 0.25) is 0 Å². The molecule has 2 rings (SSSR count). The highest BCUT2D eigenvalue weighted by Gasteiger charge is 2.02. The van der Waals surface area contributed by atoms with E-state index in [1.807, 2.05) is 0 Å². The van der Waals surface area contributed by atoms with Crippen LogP contribution < -0.4 is 0 Å². The highest BCUT2D eigenvalue weighted by Crippen LogP contribution is 2.35. The predicted octanol–water partition coefficient (Wildman–Crippen LogP) is 4.97. The lowest BCUT2D eigenvalue weighted by molar-refractivity contribution is 1.37. The number of benzene rings is 1. The third kappa shape index (κ3) is 2.41. The molecule has 3 heteroatoms. The highest BCUT2D eigenvalue weighted by molar-refractivity contribution is 9.10. The van der Waals surface area contributed by atoms with Gasteiger partial charge in [0.25, 0.3) is 0 Å². The van der Waals surface area contributed by atoms with E-state index in [0.29, 0.717) is 0 Å². The molecule has 0 bridgehead atoms. The molecule has 0 amide bonds. The molecule has 72 valence electrons. The van der Waals surface area contributed by atoms with Crippen molar-refractivity contribution in [3.8, 4) is 0 Å². The predicted molar refractivity (Wildman–Crippen MR) is 67.3 cm³/mol. The van der Waals surface area contributed by atoms with Crippen LogP contribution in [-0.4, -0.2) is 0 Å². The molecule has 0 aliphatic heterocycles. The summed E-state index contributed by atoms with van der Waals surface area (Å²) in [4.78, 5) is 2.58. The number of halogens is 1. The van der Waals surface area contributed by atoms with Gasteiger partial charge in [-0.3, -0.25) is 0 Å². The molecule has 14 heavy (non-hydrogen) atoms. The Hall–Kier alpha value is -0.250. The smallest absolute Gasteiger partial charge is 0.0421 e. The van der Waals surface area contributed by atoms with Crippen molar-refractivity contribution < 1.29 is 0 Å². The van der Waals surface area contributed by atoms with Crippen molar-refractivity contribution in [2.45, 2.75) is 16.7 Å². The largest absolute Gasteiger partial charge is 0.150 e. The molecule has 1 aromatic carbocycles. The van der Waals surface area contributed by atoms with Gasteiger partial charge in [0.05, 0.1) is 0 Å². The summed E-state index contributed by atoms with van der Waals surface area (Å²) in [6, 6.07) is 8.60. The van der Waals surface area contributed by atoms with E-state index >= 15 is 0 Å². The number of hydrogen-bond acceptors (Lipinski definition) is 2. The van der Waals surface area contributed by atoms with Crippen molar-refractivity contribution in [3.63, 3.8) is 0 Å². The quantitative estimate of drug-likeness (QED) is 0.750. The summed E-state index contributed by atoms with van der Waals surface area (Å²) in [5.74, 6) is 0. The van der Waals surface area contributed by atoms with Crippen LogP contribution in [0.4, 0.5) is 0 Å². The number of thiophene rings is 1. The van der Waals surface area contributed by atoms with Crippen LogP contribution in [0.3, 0.4) is 0 Å². The molecule has 0 aliphatic rings. The Morgan fingerprint density at radius 1 is 1.14 bits per heavy atom. The zero-order valence-electron chi connectivity index (χ0n) is 7.66. The van der Waals surface area contributed by atoms with E-state index in [4.69, 9.17) is 0 Å². The van der Waals surface area contributed by atoms with Gasteiger partial charge < -0.3 is 0 Å². The van der Waals surface area contributed by atoms with Gasteiger partial charge in [0.2, 0.25) is 0 Å². The maximum atomic E-state index is 3.53. The minimum Gasteiger partial charge on any atom is -0.150 e. The number of aryl methyl sites for hydroxylation is 1. The summed E-state index contributed by atoms with van der Waals surface area (Å²) >= 11 is 7.04. The fourth-order valence-corrected chi connectivity index (χ4v) is 3.59. The van der Waals surface area contributed by atoms with Gasteiger partial charge >= 0.3 is 0 Å². The van der Waals surface area contributed by atoms with E-state index in [0.717, 1.165) is 0 Å². The first-order valence-corrected chi connectivity index (χ1v) is 6.77. The Kier molecular flexibility index (Phi) is 3.31. The summed E-state index contributed by atoms with van der Waals surface area (Å²) in [5.41, 5.74) is 1.30. The Morgan fingerprint density at radius 3 is 2.43 bits per heavy atom. The maximum Gasteiger partial charge on any atom is 0.0421 e. The van der Waals surface area contributed by atoms with Crippen molar-refractivity contribution in [2.24, 2.45) is 0 Å². The molecule has 2 aromatic rings. The van der Waals surface area contributed by atoms with Crippen molar-refractivity contribution in [2.75, 3.05) is 0 Å². The third-order valence-corrected chi connectivity index (χ3v) is 5.01. The second-order valence-electron chi connectivity index (χ2n) is 3.00. The fourth-order valence-electron chi connectivity index (χ4n) is 1.08. The summed E-state index contributed by atoms with van der Waals surface area (Å²) in [6.45, 7) is 2.11. The molecular formula is C11H9BrS2. The zero-order chi connectivity index (χ0) is 9.97. The summed E-state index contributed by atoms with van der Waals surface area (Å²) < 4.78 is 1.19. The van der Waals surface area contributed by atoms with Crippen molar-refractivity contribution in [1.29, 1.82) is 0 Å². The number of rotatable bonds is 2. The van der Waals surface area contributed by atoms with Gasteiger partial charge in [0.1, 0.15) is 0 Å². The molecule has 0 saturated carbocycles. The molecule has 1 aromatic heterocycles. The van der Waals surface area contributed by atoms with E-state index < -0.39 is 0 Å². The Balaban J connectivity index is 2.19. The van der Waals surface area contributed by atoms with Crippen molar-refractivity contribution >= 4 is 39.0 Å². The Morgan fingerprint density at radius 2 is 1.86 bits per heavy atom. The molecule has 0 saturated heterocycles. The van der Waals surface area contributed by atoms with Gasteiger partial charge in [-0.25, -0.2) is 0 Å². The van der Waals surface area contributed by atoms with Crippen LogP contribution in [-0.2, 0) is 0 Å². The molecule has 1 heterocycles. The van der Waals surface area contributed by atoms with E-state index in [2.05, 4.69) is 57.9 Å². The van der Waals surface area contributed by atoms with Gasteiger partial charge in [0.15, 0.2) is 0 Å². The van der Waals surface area contributed by atoms with Crippen LogP contribution >= 0.6 is 39.0 Å². The first-order chi connectivity index (χ1) is 6.75. The molecular weight excluding hydrogens is 276 g/mol. The lowest BCUT2D eigenvalue weighted by atomic mass is 10.2. The molecule has 0 unspecified atom stereocenters. The SMILES string of the molecule is Cc1ccc(Sc2cscc2Br)cc1. The molecule has 0 radical (unpaired) electrons. The van der Waals surface area contributed by atoms with Crippen LogP contribution in [0, 0.1) is 6.92 Å². The first-order valence-electron chi connectivity index (χ1n) is 4.22. The Labute approximate surface area is 100 Å². The van der Waals surface area contributed by atoms with E-state index in [1.165, 1.54) is 19.8 Å². The summed E-state index contributed by atoms with van der Waals surface area (Å²) in [5, 5.41) is 4.27. The minimum atomic E-state index is 1.19. The number of hydrogen-bond donors (Lipinski definition) is 0. The summed E-state index contributed by atoms with van der Waals surface area (Å²) in [7, 11) is 0. The lowest BCUT2D eigenvalue weighted by Crippen LogP contribution is -1.73. The zero-order valence-corrected chi connectivity index (χ0v) is 10.9. The standard InChI is InChI=1S/C11H9BrS2/c1-8-2-4-9(5-3-8)14-11-7-13-6-10(11)12/h2-7H,1H3. The monoisotopic (exact) mass is 284 g/mol. The van der Waals surface area contributed by atoms with Gasteiger partial charge in [-0.05, 0) is 35.0 Å². The average molecular weight is 285 g/mol. The second kappa shape index (κ2) is 4.51. The lowest BCUT2D eigenvalue weighted by Gasteiger charge is -2.00. The van der Waals surface area contributed by atoms with Crippen molar-refractivity contribution in [1.82, 2.24) is 0 Å². The normalized spacial score (nSPS) is 10.4. The molecule has 0 nitrogen and oxygen atoms in total. The van der Waals surface area contributed by atoms with Crippen LogP contribution in [0.15, 0.2) is 49.3 Å². The molecule has 0 fully saturated rings. The van der Waals surface area contributed by atoms with E-state index in [-0.39, 0.29) is 0 Å². The van der Waals surface area contributed by atoms with Gasteiger partial charge in [-0.15, -0.1) is 0 Å². The average Bonchev–Trinajstić information content (AvgIpc) is 2.56. The Bertz CT molecular complexity index is 417. The van der Waals surface area contributed by atoms with Gasteiger partial charge in [-0.2, -0.15) is 11.3 Å². The van der Waals surface area contributed by atoms with Crippen LogP contribution in [0.5, 0.6) is 0 Å². The van der Waals surface area contributed by atoms with Gasteiger partial charge in [-0.1, -0.05) is 29.5 Å². The molecule has 0 atom stereocenters. The van der Waals surface area contributed by atoms with Gasteiger partial charge in [0, 0.05) is 25.0 Å². The van der Waals surface area contributed by atoms with E-state index in [9.17, 15) is 0 Å². The van der Waals surface area contributed by atoms with E-state index in [1.54, 1.807) is 23.1 Å². The first kappa shape index (κ1) is 10.3. The third-order valence-electron chi connectivity index (χ3n) is 1.83. The maximum absolute atomic E-state index is 3.53. The second-order valence-corrected chi connectivity index (χ2v) is 5.71.